The number of allylic oxidation sites excluding steroid dienone is 1. The van der Waals surface area contributed by atoms with E-state index in [4.69, 9.17) is 0 Å². The van der Waals surface area contributed by atoms with Gasteiger partial charge in [0.25, 0.3) is 0 Å². The van der Waals surface area contributed by atoms with Crippen molar-refractivity contribution in [3.8, 4) is 0 Å². The molecule has 0 atom stereocenters. The Morgan fingerprint density at radius 3 is 2.46 bits per heavy atom. The Morgan fingerprint density at radius 2 is 1.92 bits per heavy atom. The van der Waals surface area contributed by atoms with Gasteiger partial charge in [0.05, 0.1) is 0 Å². The van der Waals surface area contributed by atoms with Gasteiger partial charge in [-0.2, -0.15) is 0 Å². The van der Waals surface area contributed by atoms with Crippen molar-refractivity contribution in [2.75, 3.05) is 0 Å². The van der Waals surface area contributed by atoms with Crippen LogP contribution in [0, 0.1) is 0 Å². The van der Waals surface area contributed by atoms with Crippen LogP contribution in [0.3, 0.4) is 0 Å². The van der Waals surface area contributed by atoms with Crippen LogP contribution in [0.1, 0.15) is 24.2 Å². The standard InChI is InChI=1S/C12H12O/c1-3-7-10(2)12(13)11-8-5-4-6-9-11/h3-6,8-9H,1-2H3. The van der Waals surface area contributed by atoms with Crippen molar-refractivity contribution in [3.63, 3.8) is 0 Å². The number of ketones is 1. The molecule has 0 amide bonds. The van der Waals surface area contributed by atoms with Gasteiger partial charge in [0.2, 0.25) is 0 Å². The Hall–Kier alpha value is -1.59. The van der Waals surface area contributed by atoms with Gasteiger partial charge < -0.3 is 0 Å². The molecule has 0 saturated carbocycles. The fourth-order valence-corrected chi connectivity index (χ4v) is 1.09. The highest BCUT2D eigenvalue weighted by Crippen LogP contribution is 2.05. The minimum absolute atomic E-state index is 0.0405. The molecule has 0 aliphatic rings. The monoisotopic (exact) mass is 172 g/mol. The van der Waals surface area contributed by atoms with Gasteiger partial charge >= 0.3 is 0 Å². The molecular weight excluding hydrogens is 160 g/mol. The second kappa shape index (κ2) is 4.44. The highest BCUT2D eigenvalue weighted by atomic mass is 16.1. The lowest BCUT2D eigenvalue weighted by molar-refractivity contribution is 0.103. The summed E-state index contributed by atoms with van der Waals surface area (Å²) in [5, 5.41) is 0. The second-order valence-electron chi connectivity index (χ2n) is 2.75. The molecule has 1 aromatic rings. The second-order valence-corrected chi connectivity index (χ2v) is 2.75. The van der Waals surface area contributed by atoms with Crippen LogP contribution < -0.4 is 0 Å². The van der Waals surface area contributed by atoms with Crippen LogP contribution in [0.2, 0.25) is 0 Å². The van der Waals surface area contributed by atoms with Crippen LogP contribution in [0.15, 0.2) is 47.7 Å². The number of hydrogen-bond donors (Lipinski definition) is 0. The van der Waals surface area contributed by atoms with Crippen molar-refractivity contribution in [1.29, 1.82) is 0 Å². The molecule has 0 saturated heterocycles. The number of benzene rings is 1. The average molecular weight is 172 g/mol. The quantitative estimate of drug-likeness (QED) is 0.381. The zero-order valence-electron chi connectivity index (χ0n) is 7.87. The first kappa shape index (κ1) is 9.50. The van der Waals surface area contributed by atoms with Gasteiger partial charge in [0.1, 0.15) is 0 Å². The van der Waals surface area contributed by atoms with Crippen LogP contribution in [-0.2, 0) is 0 Å². The average Bonchev–Trinajstić information content (AvgIpc) is 2.18. The maximum Gasteiger partial charge on any atom is 0.196 e. The minimum atomic E-state index is 0.0405. The van der Waals surface area contributed by atoms with E-state index in [1.165, 1.54) is 0 Å². The number of rotatable bonds is 2. The third-order valence-electron chi connectivity index (χ3n) is 1.74. The molecule has 1 aromatic carbocycles. The molecule has 0 spiro atoms. The van der Waals surface area contributed by atoms with E-state index in [0.29, 0.717) is 11.1 Å². The van der Waals surface area contributed by atoms with Gasteiger partial charge in [-0.3, -0.25) is 4.79 Å². The zero-order chi connectivity index (χ0) is 9.68. The predicted octanol–water partition coefficient (Wildman–Crippen LogP) is 2.99. The summed E-state index contributed by atoms with van der Waals surface area (Å²) >= 11 is 0. The highest BCUT2D eigenvalue weighted by Gasteiger charge is 2.05. The van der Waals surface area contributed by atoms with Gasteiger partial charge in [-0.25, -0.2) is 0 Å². The van der Waals surface area contributed by atoms with Crippen LogP contribution in [0.5, 0.6) is 0 Å². The molecule has 0 radical (unpaired) electrons. The van der Waals surface area contributed by atoms with E-state index in [0.717, 1.165) is 0 Å². The van der Waals surface area contributed by atoms with Crippen molar-refractivity contribution >= 4 is 5.78 Å². The zero-order valence-corrected chi connectivity index (χ0v) is 7.87. The summed E-state index contributed by atoms with van der Waals surface area (Å²) in [5.74, 6) is 0.0405. The van der Waals surface area contributed by atoms with Gasteiger partial charge in [-0.1, -0.05) is 30.3 Å². The van der Waals surface area contributed by atoms with E-state index in [2.05, 4.69) is 5.73 Å². The lowest BCUT2D eigenvalue weighted by Crippen LogP contribution is -1.98. The number of Topliss-reactive ketones (excluding diaryl/α,β-unsaturated/α-hetero) is 1. The molecule has 0 bridgehead atoms. The fraction of sp³-hybridized carbons (Fsp3) is 0.167. The molecule has 1 heteroatoms. The topological polar surface area (TPSA) is 17.1 Å². The first-order valence-electron chi connectivity index (χ1n) is 4.23. The Balaban J connectivity index is 3.00. The highest BCUT2D eigenvalue weighted by molar-refractivity contribution is 6.08. The molecule has 0 heterocycles. The molecule has 0 N–H and O–H groups in total. The molecule has 1 nitrogen and oxygen atoms in total. The summed E-state index contributed by atoms with van der Waals surface area (Å²) in [6.07, 6.45) is 1.75. The Kier molecular flexibility index (Phi) is 3.24. The molecule has 66 valence electrons. The lowest BCUT2D eigenvalue weighted by atomic mass is 10.1. The SMILES string of the molecule is CC=C=C(C)C(=O)c1ccccc1. The predicted molar refractivity (Wildman–Crippen MR) is 53.7 cm³/mol. The minimum Gasteiger partial charge on any atom is -0.288 e. The summed E-state index contributed by atoms with van der Waals surface area (Å²) in [5.41, 5.74) is 4.25. The summed E-state index contributed by atoms with van der Waals surface area (Å²) < 4.78 is 0. The van der Waals surface area contributed by atoms with E-state index in [-0.39, 0.29) is 5.78 Å². The van der Waals surface area contributed by atoms with Gasteiger partial charge in [0.15, 0.2) is 5.78 Å². The summed E-state index contributed by atoms with van der Waals surface area (Å²) in [6, 6.07) is 9.23. The third kappa shape index (κ3) is 2.43. The number of carbonyl (C=O) groups excluding carboxylic acids is 1. The van der Waals surface area contributed by atoms with Crippen molar-refractivity contribution < 1.29 is 4.79 Å². The first-order chi connectivity index (χ1) is 6.25. The molecule has 0 aliphatic carbocycles. The molecule has 0 unspecified atom stereocenters. The molecule has 0 aromatic heterocycles. The summed E-state index contributed by atoms with van der Waals surface area (Å²) in [6.45, 7) is 3.62. The number of hydrogen-bond acceptors (Lipinski definition) is 1. The number of carbonyl (C=O) groups is 1. The summed E-state index contributed by atoms with van der Waals surface area (Å²) in [4.78, 5) is 11.6. The molecule has 13 heavy (non-hydrogen) atoms. The Labute approximate surface area is 78.4 Å². The van der Waals surface area contributed by atoms with E-state index < -0.39 is 0 Å². The smallest absolute Gasteiger partial charge is 0.196 e. The van der Waals surface area contributed by atoms with Crippen LogP contribution in [-0.4, -0.2) is 5.78 Å². The summed E-state index contributed by atoms with van der Waals surface area (Å²) in [7, 11) is 0. The molecule has 1 rings (SSSR count). The normalized spacial score (nSPS) is 8.77. The van der Waals surface area contributed by atoms with E-state index in [1.54, 1.807) is 13.0 Å². The van der Waals surface area contributed by atoms with Crippen molar-refractivity contribution in [2.24, 2.45) is 0 Å². The third-order valence-corrected chi connectivity index (χ3v) is 1.74. The van der Waals surface area contributed by atoms with Crippen LogP contribution >= 0.6 is 0 Å². The van der Waals surface area contributed by atoms with Crippen molar-refractivity contribution in [1.82, 2.24) is 0 Å². The van der Waals surface area contributed by atoms with Crippen LogP contribution in [0.4, 0.5) is 0 Å². The molecule has 0 fully saturated rings. The molecular formula is C12H12O. The van der Waals surface area contributed by atoms with Crippen molar-refractivity contribution in [2.45, 2.75) is 13.8 Å². The Bertz CT molecular complexity index is 354. The van der Waals surface area contributed by atoms with E-state index in [1.807, 2.05) is 37.3 Å². The van der Waals surface area contributed by atoms with E-state index >= 15 is 0 Å². The van der Waals surface area contributed by atoms with Gasteiger partial charge in [-0.15, -0.1) is 5.73 Å². The maximum absolute atomic E-state index is 11.6. The Morgan fingerprint density at radius 1 is 1.31 bits per heavy atom. The van der Waals surface area contributed by atoms with Crippen LogP contribution in [0.25, 0.3) is 0 Å². The fourth-order valence-electron chi connectivity index (χ4n) is 1.09. The van der Waals surface area contributed by atoms with Gasteiger partial charge in [-0.05, 0) is 19.9 Å². The molecule has 0 aliphatic heterocycles. The van der Waals surface area contributed by atoms with Gasteiger partial charge in [0, 0.05) is 11.1 Å². The largest absolute Gasteiger partial charge is 0.288 e. The lowest BCUT2D eigenvalue weighted by Gasteiger charge is -1.96. The first-order valence-corrected chi connectivity index (χ1v) is 4.23. The van der Waals surface area contributed by atoms with E-state index in [9.17, 15) is 4.79 Å². The maximum atomic E-state index is 11.6. The van der Waals surface area contributed by atoms with Crippen molar-refractivity contribution in [3.05, 3.63) is 53.3 Å².